The molecule has 23 heavy (non-hydrogen) atoms. The summed E-state index contributed by atoms with van der Waals surface area (Å²) in [6.07, 6.45) is 6.16. The second-order valence-electron chi connectivity index (χ2n) is 6.74. The van der Waals surface area contributed by atoms with Crippen molar-refractivity contribution in [3.8, 4) is 0 Å². The molecule has 124 valence electrons. The normalized spacial score (nSPS) is 25.2. The minimum atomic E-state index is -0.845. The standard InChI is InChI=1S/C16H20BrN3O3/c1-16(14(21)22)4-5-20(9-16)15(23)19-13(10-2-3-10)11-6-12(17)8-18-7-11/h6-8,10,13H,2-5,9H2,1H3,(H,19,23)(H,21,22). The fraction of sp³-hybridized carbons (Fsp3) is 0.562. The van der Waals surface area contributed by atoms with Gasteiger partial charge in [0.25, 0.3) is 0 Å². The highest BCUT2D eigenvalue weighted by molar-refractivity contribution is 9.10. The molecular formula is C16H20BrN3O3. The Morgan fingerprint density at radius 1 is 1.48 bits per heavy atom. The first kappa shape index (κ1) is 16.2. The molecule has 2 heterocycles. The molecule has 2 amide bonds. The average molecular weight is 382 g/mol. The highest BCUT2D eigenvalue weighted by Crippen LogP contribution is 2.41. The molecule has 2 N–H and O–H groups in total. The predicted molar refractivity (Wildman–Crippen MR) is 87.9 cm³/mol. The van der Waals surface area contributed by atoms with Crippen molar-refractivity contribution in [3.63, 3.8) is 0 Å². The number of pyridine rings is 1. The number of rotatable bonds is 4. The van der Waals surface area contributed by atoms with E-state index >= 15 is 0 Å². The molecule has 1 aliphatic carbocycles. The number of amides is 2. The number of halogens is 1. The number of carbonyl (C=O) groups excluding carboxylic acids is 1. The Kier molecular flexibility index (Phi) is 4.31. The van der Waals surface area contributed by atoms with Gasteiger partial charge in [0.05, 0.1) is 11.5 Å². The van der Waals surface area contributed by atoms with Crippen molar-refractivity contribution < 1.29 is 14.7 Å². The number of carboxylic acid groups (broad SMARTS) is 1. The third-order valence-electron chi connectivity index (χ3n) is 4.73. The molecule has 3 rings (SSSR count). The summed E-state index contributed by atoms with van der Waals surface area (Å²) in [6, 6.07) is 1.72. The third-order valence-corrected chi connectivity index (χ3v) is 5.17. The van der Waals surface area contributed by atoms with E-state index in [0.717, 1.165) is 22.9 Å². The van der Waals surface area contributed by atoms with Crippen molar-refractivity contribution in [2.45, 2.75) is 32.2 Å². The molecule has 2 fully saturated rings. The Balaban J connectivity index is 1.69. The zero-order chi connectivity index (χ0) is 16.6. The molecule has 1 aromatic rings. The van der Waals surface area contributed by atoms with E-state index in [4.69, 9.17) is 0 Å². The Labute approximate surface area is 143 Å². The van der Waals surface area contributed by atoms with Gasteiger partial charge in [-0.2, -0.15) is 0 Å². The minimum absolute atomic E-state index is 0.0656. The molecule has 1 saturated heterocycles. The number of carboxylic acids is 1. The summed E-state index contributed by atoms with van der Waals surface area (Å²) in [5.74, 6) is -0.411. The Morgan fingerprint density at radius 2 is 2.22 bits per heavy atom. The Bertz CT molecular complexity index is 635. The van der Waals surface area contributed by atoms with Gasteiger partial charge in [-0.25, -0.2) is 4.79 Å². The van der Waals surface area contributed by atoms with E-state index in [0.29, 0.717) is 18.9 Å². The molecule has 2 unspecified atom stereocenters. The maximum atomic E-state index is 12.5. The smallest absolute Gasteiger partial charge is 0.317 e. The van der Waals surface area contributed by atoms with Crippen molar-refractivity contribution in [1.82, 2.24) is 15.2 Å². The highest BCUT2D eigenvalue weighted by Gasteiger charge is 2.43. The molecular weight excluding hydrogens is 362 g/mol. The summed E-state index contributed by atoms with van der Waals surface area (Å²) in [4.78, 5) is 29.6. The fourth-order valence-corrected chi connectivity index (χ4v) is 3.42. The van der Waals surface area contributed by atoms with E-state index in [1.807, 2.05) is 6.07 Å². The molecule has 1 aromatic heterocycles. The van der Waals surface area contributed by atoms with Crippen LogP contribution in [0.2, 0.25) is 0 Å². The van der Waals surface area contributed by atoms with Crippen molar-refractivity contribution in [1.29, 1.82) is 0 Å². The van der Waals surface area contributed by atoms with Crippen LogP contribution in [0.25, 0.3) is 0 Å². The van der Waals surface area contributed by atoms with Crippen LogP contribution in [0.3, 0.4) is 0 Å². The third kappa shape index (κ3) is 3.49. The summed E-state index contributed by atoms with van der Waals surface area (Å²) in [6.45, 7) is 2.42. The first-order valence-corrected chi connectivity index (χ1v) is 8.58. The number of carbonyl (C=O) groups is 2. The molecule has 0 spiro atoms. The number of aliphatic carboxylic acids is 1. The lowest BCUT2D eigenvalue weighted by Gasteiger charge is -2.25. The van der Waals surface area contributed by atoms with Crippen molar-refractivity contribution in [2.75, 3.05) is 13.1 Å². The van der Waals surface area contributed by atoms with Gasteiger partial charge in [0, 0.05) is 30.0 Å². The number of aromatic nitrogens is 1. The van der Waals surface area contributed by atoms with E-state index in [2.05, 4.69) is 26.2 Å². The first-order valence-electron chi connectivity index (χ1n) is 7.78. The monoisotopic (exact) mass is 381 g/mol. The van der Waals surface area contributed by atoms with Gasteiger partial charge in [0.2, 0.25) is 0 Å². The molecule has 7 heteroatoms. The lowest BCUT2D eigenvalue weighted by atomic mass is 9.90. The van der Waals surface area contributed by atoms with Crippen LogP contribution >= 0.6 is 15.9 Å². The number of urea groups is 1. The van der Waals surface area contributed by atoms with Crippen LogP contribution in [-0.2, 0) is 4.79 Å². The van der Waals surface area contributed by atoms with E-state index in [-0.39, 0.29) is 18.6 Å². The first-order chi connectivity index (χ1) is 10.9. The second kappa shape index (κ2) is 6.11. The Morgan fingerprint density at radius 3 is 2.78 bits per heavy atom. The lowest BCUT2D eigenvalue weighted by Crippen LogP contribution is -2.42. The second-order valence-corrected chi connectivity index (χ2v) is 7.65. The van der Waals surface area contributed by atoms with Crippen LogP contribution in [0.15, 0.2) is 22.9 Å². The van der Waals surface area contributed by atoms with Gasteiger partial charge in [0.15, 0.2) is 0 Å². The highest BCUT2D eigenvalue weighted by atomic mass is 79.9. The van der Waals surface area contributed by atoms with Gasteiger partial charge in [-0.1, -0.05) is 0 Å². The number of nitrogens with one attached hydrogen (secondary N) is 1. The van der Waals surface area contributed by atoms with E-state index in [9.17, 15) is 14.7 Å². The zero-order valence-electron chi connectivity index (χ0n) is 13.0. The summed E-state index contributed by atoms with van der Waals surface area (Å²) >= 11 is 3.41. The fourth-order valence-electron chi connectivity index (χ4n) is 3.03. The summed E-state index contributed by atoms with van der Waals surface area (Å²) < 4.78 is 0.884. The lowest BCUT2D eigenvalue weighted by molar-refractivity contribution is -0.147. The molecule has 2 atom stereocenters. The van der Waals surface area contributed by atoms with E-state index < -0.39 is 11.4 Å². The van der Waals surface area contributed by atoms with Crippen molar-refractivity contribution in [3.05, 3.63) is 28.5 Å². The van der Waals surface area contributed by atoms with Crippen LogP contribution in [0, 0.1) is 11.3 Å². The van der Waals surface area contributed by atoms with Gasteiger partial charge in [-0.3, -0.25) is 9.78 Å². The van der Waals surface area contributed by atoms with Crippen LogP contribution in [0.5, 0.6) is 0 Å². The maximum Gasteiger partial charge on any atom is 0.317 e. The van der Waals surface area contributed by atoms with Crippen LogP contribution < -0.4 is 5.32 Å². The summed E-state index contributed by atoms with van der Waals surface area (Å²) in [5.41, 5.74) is 0.138. The van der Waals surface area contributed by atoms with Gasteiger partial charge >= 0.3 is 12.0 Å². The predicted octanol–water partition coefficient (Wildman–Crippen LogP) is 2.80. The van der Waals surface area contributed by atoms with Crippen LogP contribution in [-0.4, -0.2) is 40.1 Å². The quantitative estimate of drug-likeness (QED) is 0.839. The topological polar surface area (TPSA) is 82.5 Å². The molecule has 0 radical (unpaired) electrons. The molecule has 6 nitrogen and oxygen atoms in total. The van der Waals surface area contributed by atoms with Gasteiger partial charge < -0.3 is 15.3 Å². The Hall–Kier alpha value is -1.63. The number of hydrogen-bond donors (Lipinski definition) is 2. The van der Waals surface area contributed by atoms with Gasteiger partial charge in [-0.05, 0) is 59.7 Å². The number of nitrogens with zero attached hydrogens (tertiary/aromatic N) is 2. The van der Waals surface area contributed by atoms with Crippen LogP contribution in [0.4, 0.5) is 4.79 Å². The number of hydrogen-bond acceptors (Lipinski definition) is 3. The summed E-state index contributed by atoms with van der Waals surface area (Å²) in [5, 5.41) is 12.4. The summed E-state index contributed by atoms with van der Waals surface area (Å²) in [7, 11) is 0. The van der Waals surface area contributed by atoms with E-state index in [1.54, 1.807) is 24.2 Å². The number of likely N-dealkylation sites (tertiary alicyclic amines) is 1. The minimum Gasteiger partial charge on any atom is -0.481 e. The van der Waals surface area contributed by atoms with Gasteiger partial charge in [-0.15, -0.1) is 0 Å². The van der Waals surface area contributed by atoms with E-state index in [1.165, 1.54) is 0 Å². The molecule has 0 bridgehead atoms. The van der Waals surface area contributed by atoms with Crippen LogP contribution in [0.1, 0.15) is 37.8 Å². The zero-order valence-corrected chi connectivity index (χ0v) is 14.5. The van der Waals surface area contributed by atoms with Crippen molar-refractivity contribution in [2.24, 2.45) is 11.3 Å². The largest absolute Gasteiger partial charge is 0.481 e. The molecule has 1 aliphatic heterocycles. The van der Waals surface area contributed by atoms with Crippen molar-refractivity contribution >= 4 is 27.9 Å². The molecule has 2 aliphatic rings. The average Bonchev–Trinajstić information content (AvgIpc) is 3.26. The maximum absolute atomic E-state index is 12.5. The molecule has 1 saturated carbocycles. The molecule has 0 aromatic carbocycles. The van der Waals surface area contributed by atoms with Gasteiger partial charge in [0.1, 0.15) is 0 Å². The SMILES string of the molecule is CC1(C(=O)O)CCN(C(=O)NC(c2cncc(Br)c2)C2CC2)C1.